The van der Waals surface area contributed by atoms with Gasteiger partial charge in [0, 0.05) is 43.9 Å². The Morgan fingerprint density at radius 3 is 2.61 bits per heavy atom. The van der Waals surface area contributed by atoms with Crippen LogP contribution in [0.15, 0.2) is 24.3 Å². The quantitative estimate of drug-likeness (QED) is 0.652. The van der Waals surface area contributed by atoms with E-state index >= 15 is 0 Å². The Hall–Kier alpha value is -2.11. The number of non-ortho nitro benzene ring substituents is 1. The molecule has 0 aromatic heterocycles. The van der Waals surface area contributed by atoms with Crippen LogP contribution in [0.25, 0.3) is 0 Å². The number of hydrogen-bond acceptors (Lipinski definition) is 4. The second-order valence-corrected chi connectivity index (χ2v) is 4.40. The lowest BCUT2D eigenvalue weighted by Gasteiger charge is -2.15. The van der Waals surface area contributed by atoms with Crippen LogP contribution in [0, 0.1) is 10.1 Å². The van der Waals surface area contributed by atoms with Crippen LogP contribution in [-0.2, 0) is 4.79 Å². The fourth-order valence-electron chi connectivity index (χ4n) is 2.08. The molecule has 0 unspecified atom stereocenters. The monoisotopic (exact) mass is 249 g/mol. The van der Waals surface area contributed by atoms with Gasteiger partial charge in [0.1, 0.15) is 0 Å². The van der Waals surface area contributed by atoms with Crippen molar-refractivity contribution in [2.45, 2.75) is 19.4 Å². The van der Waals surface area contributed by atoms with E-state index < -0.39 is 4.92 Å². The van der Waals surface area contributed by atoms with Gasteiger partial charge in [-0.2, -0.15) is 0 Å². The van der Waals surface area contributed by atoms with Gasteiger partial charge in [-0.1, -0.05) is 0 Å². The van der Waals surface area contributed by atoms with Gasteiger partial charge in [0.25, 0.3) is 5.69 Å². The first-order chi connectivity index (χ1) is 8.56. The van der Waals surface area contributed by atoms with E-state index in [1.165, 1.54) is 12.1 Å². The molecule has 0 bridgehead atoms. The average molecular weight is 249 g/mol. The van der Waals surface area contributed by atoms with E-state index in [1.54, 1.807) is 24.0 Å². The largest absolute Gasteiger partial charge is 0.380 e. The molecule has 1 amide bonds. The number of nitrogens with one attached hydrogen (secondary N) is 1. The molecule has 0 aliphatic carbocycles. The van der Waals surface area contributed by atoms with Crippen LogP contribution in [0.4, 0.5) is 11.4 Å². The van der Waals surface area contributed by atoms with Crippen LogP contribution in [-0.4, -0.2) is 34.9 Å². The van der Waals surface area contributed by atoms with Gasteiger partial charge in [-0.05, 0) is 18.6 Å². The Bertz CT molecular complexity index is 458. The van der Waals surface area contributed by atoms with E-state index in [0.29, 0.717) is 6.54 Å². The number of rotatable bonds is 3. The molecule has 1 aromatic carbocycles. The third kappa shape index (κ3) is 2.77. The number of carbonyl (C=O) groups excluding carboxylic acids is 1. The maximum absolute atomic E-state index is 11.2. The number of likely N-dealkylation sites (tertiary alicyclic amines) is 1. The zero-order valence-corrected chi connectivity index (χ0v) is 10.1. The summed E-state index contributed by atoms with van der Waals surface area (Å²) in [5, 5.41) is 13.8. The third-order valence-corrected chi connectivity index (χ3v) is 3.08. The van der Waals surface area contributed by atoms with Gasteiger partial charge in [0.2, 0.25) is 5.91 Å². The SMILES string of the molecule is CC(=O)N1CC[C@H](Nc2ccc([N+](=O)[O-])cc2)C1. The molecule has 1 aromatic rings. The lowest BCUT2D eigenvalue weighted by Crippen LogP contribution is -2.29. The van der Waals surface area contributed by atoms with E-state index in [9.17, 15) is 14.9 Å². The summed E-state index contributed by atoms with van der Waals surface area (Å²) in [6, 6.07) is 6.54. The van der Waals surface area contributed by atoms with Gasteiger partial charge in [0.15, 0.2) is 0 Å². The van der Waals surface area contributed by atoms with Crippen LogP contribution in [0.1, 0.15) is 13.3 Å². The second-order valence-electron chi connectivity index (χ2n) is 4.40. The summed E-state index contributed by atoms with van der Waals surface area (Å²) in [6.45, 7) is 3.01. The number of nitrogens with zero attached hydrogens (tertiary/aromatic N) is 2. The van der Waals surface area contributed by atoms with Crippen molar-refractivity contribution in [3.05, 3.63) is 34.4 Å². The maximum Gasteiger partial charge on any atom is 0.269 e. The maximum atomic E-state index is 11.2. The van der Waals surface area contributed by atoms with Crippen LogP contribution in [0.3, 0.4) is 0 Å². The molecule has 2 rings (SSSR count). The fourth-order valence-corrected chi connectivity index (χ4v) is 2.08. The summed E-state index contributed by atoms with van der Waals surface area (Å²) < 4.78 is 0. The summed E-state index contributed by atoms with van der Waals surface area (Å²) in [4.78, 5) is 23.1. The number of anilines is 1. The van der Waals surface area contributed by atoms with Crippen LogP contribution >= 0.6 is 0 Å². The normalized spacial score (nSPS) is 18.7. The molecule has 0 spiro atoms. The second kappa shape index (κ2) is 5.03. The zero-order chi connectivity index (χ0) is 13.1. The lowest BCUT2D eigenvalue weighted by molar-refractivity contribution is -0.384. The molecule has 0 saturated carbocycles. The lowest BCUT2D eigenvalue weighted by atomic mass is 10.2. The topological polar surface area (TPSA) is 75.5 Å². The van der Waals surface area contributed by atoms with Crippen molar-refractivity contribution < 1.29 is 9.72 Å². The first-order valence-electron chi connectivity index (χ1n) is 5.83. The highest BCUT2D eigenvalue weighted by molar-refractivity contribution is 5.73. The molecule has 18 heavy (non-hydrogen) atoms. The van der Waals surface area contributed by atoms with Crippen LogP contribution < -0.4 is 5.32 Å². The van der Waals surface area contributed by atoms with Gasteiger partial charge in [-0.25, -0.2) is 0 Å². The van der Waals surface area contributed by atoms with Gasteiger partial charge < -0.3 is 10.2 Å². The zero-order valence-electron chi connectivity index (χ0n) is 10.1. The summed E-state index contributed by atoms with van der Waals surface area (Å²) in [5.41, 5.74) is 0.924. The van der Waals surface area contributed by atoms with Gasteiger partial charge in [-0.15, -0.1) is 0 Å². The molecule has 0 radical (unpaired) electrons. The molecule has 96 valence electrons. The van der Waals surface area contributed by atoms with Crippen LogP contribution in [0.5, 0.6) is 0 Å². The molecule has 1 saturated heterocycles. The van der Waals surface area contributed by atoms with Gasteiger partial charge in [-0.3, -0.25) is 14.9 Å². The highest BCUT2D eigenvalue weighted by Gasteiger charge is 2.23. The third-order valence-electron chi connectivity index (χ3n) is 3.08. The summed E-state index contributed by atoms with van der Waals surface area (Å²) in [6.07, 6.45) is 0.899. The summed E-state index contributed by atoms with van der Waals surface area (Å²) in [7, 11) is 0. The minimum atomic E-state index is -0.420. The molecular formula is C12H15N3O3. The summed E-state index contributed by atoms with van der Waals surface area (Å²) >= 11 is 0. The molecule has 1 aliphatic heterocycles. The first kappa shape index (κ1) is 12.3. The predicted molar refractivity (Wildman–Crippen MR) is 67.4 cm³/mol. The Morgan fingerprint density at radius 2 is 2.11 bits per heavy atom. The van der Waals surface area contributed by atoms with Crippen LogP contribution in [0.2, 0.25) is 0 Å². The average Bonchev–Trinajstić information content (AvgIpc) is 2.78. The Balaban J connectivity index is 1.94. The Morgan fingerprint density at radius 1 is 1.44 bits per heavy atom. The van der Waals surface area contributed by atoms with E-state index in [2.05, 4.69) is 5.32 Å². The van der Waals surface area contributed by atoms with Crippen molar-refractivity contribution in [2.75, 3.05) is 18.4 Å². The first-order valence-corrected chi connectivity index (χ1v) is 5.83. The summed E-state index contributed by atoms with van der Waals surface area (Å²) in [5.74, 6) is 0.0861. The molecule has 1 fully saturated rings. The number of carbonyl (C=O) groups is 1. The molecular weight excluding hydrogens is 234 g/mol. The molecule has 1 aliphatic rings. The van der Waals surface area contributed by atoms with Crippen molar-refractivity contribution in [2.24, 2.45) is 0 Å². The van der Waals surface area contributed by atoms with E-state index in [-0.39, 0.29) is 17.6 Å². The highest BCUT2D eigenvalue weighted by atomic mass is 16.6. The van der Waals surface area contributed by atoms with Crippen molar-refractivity contribution in [3.8, 4) is 0 Å². The fraction of sp³-hybridized carbons (Fsp3) is 0.417. The van der Waals surface area contributed by atoms with Crippen molar-refractivity contribution in [1.29, 1.82) is 0 Å². The van der Waals surface area contributed by atoms with E-state index in [0.717, 1.165) is 18.7 Å². The van der Waals surface area contributed by atoms with Crippen molar-refractivity contribution >= 4 is 17.3 Å². The van der Waals surface area contributed by atoms with Crippen molar-refractivity contribution in [3.63, 3.8) is 0 Å². The Labute approximate surface area is 105 Å². The molecule has 1 atom stereocenters. The smallest absolute Gasteiger partial charge is 0.269 e. The Kier molecular flexibility index (Phi) is 3.45. The number of nitro benzene ring substituents is 1. The van der Waals surface area contributed by atoms with E-state index in [4.69, 9.17) is 0 Å². The number of benzene rings is 1. The minimum Gasteiger partial charge on any atom is -0.380 e. The standard InChI is InChI=1S/C12H15N3O3/c1-9(16)14-7-6-11(8-14)13-10-2-4-12(5-3-10)15(17)18/h2-5,11,13H,6-8H2,1H3/t11-/m0/s1. The van der Waals surface area contributed by atoms with Gasteiger partial charge >= 0.3 is 0 Å². The van der Waals surface area contributed by atoms with E-state index in [1.807, 2.05) is 0 Å². The number of nitro groups is 1. The minimum absolute atomic E-state index is 0.0809. The molecule has 6 heteroatoms. The number of amides is 1. The molecule has 6 nitrogen and oxygen atoms in total. The predicted octanol–water partition coefficient (Wildman–Crippen LogP) is 1.63. The molecule has 1 heterocycles. The van der Waals surface area contributed by atoms with Gasteiger partial charge in [0.05, 0.1) is 4.92 Å². The highest BCUT2D eigenvalue weighted by Crippen LogP contribution is 2.19. The molecule has 1 N–H and O–H groups in total. The van der Waals surface area contributed by atoms with Crippen molar-refractivity contribution in [1.82, 2.24) is 4.90 Å². The number of hydrogen-bond donors (Lipinski definition) is 1.